The molecule has 0 amide bonds. The van der Waals surface area contributed by atoms with Gasteiger partial charge in [-0.2, -0.15) is 24.9 Å². The van der Waals surface area contributed by atoms with Crippen molar-refractivity contribution < 1.29 is 27.0 Å². The summed E-state index contributed by atoms with van der Waals surface area (Å²) in [6, 6.07) is 9.38. The number of pyridine rings is 1. The number of epoxide rings is 1. The predicted octanol–water partition coefficient (Wildman–Crippen LogP) is 7.20. The summed E-state index contributed by atoms with van der Waals surface area (Å²) in [5, 5.41) is 3.63. The lowest BCUT2D eigenvalue weighted by molar-refractivity contribution is -0.228. The van der Waals surface area contributed by atoms with Gasteiger partial charge in [0, 0.05) is 28.1 Å². The largest absolute Gasteiger partial charge is 0.495 e. The zero-order valence-corrected chi connectivity index (χ0v) is 21.0. The maximum atomic E-state index is 15.1. The Bertz CT molecular complexity index is 1220. The highest BCUT2D eigenvalue weighted by Crippen LogP contribution is 2.58. The highest BCUT2D eigenvalue weighted by molar-refractivity contribution is 7.99. The Labute approximate surface area is 210 Å². The number of methoxy groups -OCH3 is 1. The van der Waals surface area contributed by atoms with Crippen molar-refractivity contribution in [3.05, 3.63) is 64.6 Å². The van der Waals surface area contributed by atoms with Gasteiger partial charge >= 0.3 is 6.18 Å². The van der Waals surface area contributed by atoms with Gasteiger partial charge in [0.05, 0.1) is 36.4 Å². The number of anilines is 1. The number of hydrogen-bond donors (Lipinski definition) is 1. The quantitative estimate of drug-likeness (QED) is 0.235. The van der Waals surface area contributed by atoms with Gasteiger partial charge in [-0.05, 0) is 49.1 Å². The van der Waals surface area contributed by atoms with E-state index in [0.717, 1.165) is 29.6 Å². The Morgan fingerprint density at radius 1 is 1.26 bits per heavy atom. The van der Waals surface area contributed by atoms with Gasteiger partial charge in [-0.3, -0.25) is 4.98 Å². The van der Waals surface area contributed by atoms with Crippen LogP contribution in [0.25, 0.3) is 10.9 Å². The first-order valence-corrected chi connectivity index (χ1v) is 12.6. The molecule has 4 nitrogen and oxygen atoms in total. The van der Waals surface area contributed by atoms with E-state index in [9.17, 15) is 4.39 Å². The minimum atomic E-state index is -4.70. The molecule has 2 aromatic carbocycles. The number of nitrogens with one attached hydrogen (secondary N) is 1. The van der Waals surface area contributed by atoms with Crippen LogP contribution in [0.1, 0.15) is 24.2 Å². The Balaban J connectivity index is 1.98. The average molecular weight is 529 g/mol. The first-order chi connectivity index (χ1) is 16.6. The van der Waals surface area contributed by atoms with E-state index in [0.29, 0.717) is 22.3 Å². The second-order valence-electron chi connectivity index (χ2n) is 8.41. The monoisotopic (exact) mass is 528 g/mol. The van der Waals surface area contributed by atoms with Crippen LogP contribution in [0.3, 0.4) is 0 Å². The number of nitrogens with zero attached hydrogens (tertiary/aromatic N) is 1. The van der Waals surface area contributed by atoms with Crippen LogP contribution in [-0.2, 0) is 4.74 Å². The summed E-state index contributed by atoms with van der Waals surface area (Å²) in [4.78, 5) is 4.49. The molecule has 1 N–H and O–H groups in total. The second-order valence-corrected chi connectivity index (χ2v) is 10.1. The molecule has 35 heavy (non-hydrogen) atoms. The van der Waals surface area contributed by atoms with Crippen molar-refractivity contribution in [2.75, 3.05) is 30.5 Å². The lowest BCUT2D eigenvalue weighted by Gasteiger charge is -2.42. The van der Waals surface area contributed by atoms with Crippen LogP contribution in [0.2, 0.25) is 5.02 Å². The normalized spacial score (nSPS) is 18.2. The lowest BCUT2D eigenvalue weighted by Crippen LogP contribution is -2.52. The number of fused-ring (bicyclic) bond motifs is 1. The summed E-state index contributed by atoms with van der Waals surface area (Å²) in [5.74, 6) is -0.607. The molecule has 2 heterocycles. The van der Waals surface area contributed by atoms with E-state index in [-0.39, 0.29) is 28.7 Å². The van der Waals surface area contributed by atoms with Crippen LogP contribution in [0, 0.1) is 18.2 Å². The van der Waals surface area contributed by atoms with E-state index in [1.807, 2.05) is 6.92 Å². The molecule has 1 aliphatic heterocycles. The van der Waals surface area contributed by atoms with Crippen molar-refractivity contribution in [2.45, 2.75) is 32.2 Å². The smallest absolute Gasteiger partial charge is 0.400 e. The van der Waals surface area contributed by atoms with E-state index in [1.165, 1.54) is 7.11 Å². The maximum Gasteiger partial charge on any atom is 0.400 e. The molecular formula is C25H25ClF4N2O2S. The van der Waals surface area contributed by atoms with Gasteiger partial charge in [0.2, 0.25) is 0 Å². The number of thioether (sulfide) groups is 1. The third-order valence-corrected chi connectivity index (χ3v) is 7.59. The van der Waals surface area contributed by atoms with Crippen LogP contribution in [-0.4, -0.2) is 42.5 Å². The number of alkyl halides is 3. The molecule has 188 valence electrons. The predicted molar refractivity (Wildman–Crippen MR) is 132 cm³/mol. The van der Waals surface area contributed by atoms with Gasteiger partial charge in [0.1, 0.15) is 17.0 Å². The van der Waals surface area contributed by atoms with Gasteiger partial charge in [-0.1, -0.05) is 24.6 Å². The molecule has 0 aliphatic carbocycles. The molecule has 0 radical (unpaired) electrons. The van der Waals surface area contributed by atoms with Crippen molar-refractivity contribution in [3.63, 3.8) is 0 Å². The fourth-order valence-corrected chi connectivity index (χ4v) is 5.79. The van der Waals surface area contributed by atoms with Crippen LogP contribution in [0.5, 0.6) is 5.75 Å². The zero-order chi connectivity index (χ0) is 25.4. The average Bonchev–Trinajstić information content (AvgIpc) is 3.63. The Morgan fingerprint density at radius 2 is 2.00 bits per heavy atom. The fourth-order valence-electron chi connectivity index (χ4n) is 4.44. The number of halogens is 5. The summed E-state index contributed by atoms with van der Waals surface area (Å²) in [6.45, 7) is 3.58. The van der Waals surface area contributed by atoms with Crippen LogP contribution in [0.4, 0.5) is 23.2 Å². The van der Waals surface area contributed by atoms with Gasteiger partial charge in [0.25, 0.3) is 0 Å². The summed E-state index contributed by atoms with van der Waals surface area (Å²) >= 11 is 7.39. The summed E-state index contributed by atoms with van der Waals surface area (Å²) < 4.78 is 70.7. The highest BCUT2D eigenvalue weighted by atomic mass is 35.5. The minimum absolute atomic E-state index is 0.0180. The molecule has 3 atom stereocenters. The van der Waals surface area contributed by atoms with Crippen LogP contribution < -0.4 is 10.1 Å². The van der Waals surface area contributed by atoms with Crippen molar-refractivity contribution in [2.24, 2.45) is 5.41 Å². The number of rotatable bonds is 9. The number of aromatic nitrogens is 1. The van der Waals surface area contributed by atoms with Crippen molar-refractivity contribution in [1.29, 1.82) is 0 Å². The molecular weight excluding hydrogens is 504 g/mol. The van der Waals surface area contributed by atoms with Gasteiger partial charge in [-0.15, -0.1) is 0 Å². The first-order valence-electron chi connectivity index (χ1n) is 11.0. The van der Waals surface area contributed by atoms with Gasteiger partial charge in [-0.25, -0.2) is 4.39 Å². The van der Waals surface area contributed by atoms with E-state index >= 15 is 13.2 Å². The topological polar surface area (TPSA) is 46.7 Å². The highest BCUT2D eigenvalue weighted by Gasteiger charge is 2.68. The molecule has 4 rings (SSSR count). The molecule has 3 unspecified atom stereocenters. The maximum absolute atomic E-state index is 15.1. The third-order valence-electron chi connectivity index (χ3n) is 6.22. The Hall–Kier alpha value is -2.23. The number of ether oxygens (including phenoxy) is 2. The molecule has 1 fully saturated rings. The number of benzene rings is 2. The molecule has 0 saturated carbocycles. The van der Waals surface area contributed by atoms with Gasteiger partial charge in [0.15, 0.2) is 0 Å². The van der Waals surface area contributed by atoms with E-state index < -0.39 is 29.6 Å². The van der Waals surface area contributed by atoms with E-state index in [1.54, 1.807) is 37.3 Å². The molecule has 1 aromatic heterocycles. The van der Waals surface area contributed by atoms with Crippen LogP contribution >= 0.6 is 23.4 Å². The summed E-state index contributed by atoms with van der Waals surface area (Å²) in [5.41, 5.74) is -0.586. The molecule has 10 heteroatoms. The molecule has 0 bridgehead atoms. The first kappa shape index (κ1) is 25.9. The van der Waals surface area contributed by atoms with Gasteiger partial charge < -0.3 is 14.8 Å². The molecule has 3 aromatic rings. The fraction of sp³-hybridized carbons (Fsp3) is 0.400. The Morgan fingerprint density at radius 3 is 2.63 bits per heavy atom. The zero-order valence-electron chi connectivity index (χ0n) is 19.4. The third kappa shape index (κ3) is 4.90. The van der Waals surface area contributed by atoms with Crippen molar-refractivity contribution in [3.8, 4) is 5.75 Å². The molecule has 1 saturated heterocycles. The molecule has 0 spiro atoms. The summed E-state index contributed by atoms with van der Waals surface area (Å²) in [6.07, 6.45) is -5.81. The number of aryl methyl sites for hydroxylation is 1. The second kappa shape index (κ2) is 10.0. The van der Waals surface area contributed by atoms with Crippen molar-refractivity contribution in [1.82, 2.24) is 4.98 Å². The Kier molecular flexibility index (Phi) is 7.41. The lowest BCUT2D eigenvalue weighted by atomic mass is 9.74. The summed E-state index contributed by atoms with van der Waals surface area (Å²) in [7, 11) is 1.30. The minimum Gasteiger partial charge on any atom is -0.495 e. The van der Waals surface area contributed by atoms with Crippen LogP contribution in [0.15, 0.2) is 42.5 Å². The SMILES string of the molecule is CCSCC(C1CO1)(C(Nc1cccc2nc(C)ccc12)c1cc(F)cc(Cl)c1OC)C(F)(F)F. The standard InChI is InChI=1S/C25H25ClF4N2O2S/c1-4-35-13-24(21-12-34-21,25(28,29)30)23(17-10-15(27)11-18(26)22(17)33-3)32-20-7-5-6-19-16(20)9-8-14(2)31-19/h5-11,21,23,32H,4,12-13H2,1-3H3. The number of hydrogen-bond acceptors (Lipinski definition) is 5. The van der Waals surface area contributed by atoms with E-state index in [4.69, 9.17) is 21.1 Å². The molecule has 1 aliphatic rings. The van der Waals surface area contributed by atoms with E-state index in [2.05, 4.69) is 10.3 Å². The van der Waals surface area contributed by atoms with Crippen molar-refractivity contribution >= 4 is 40.0 Å².